The van der Waals surface area contributed by atoms with Crippen LogP contribution in [0.1, 0.15) is 40.5 Å². The summed E-state index contributed by atoms with van der Waals surface area (Å²) >= 11 is 0. The van der Waals surface area contributed by atoms with Gasteiger partial charge in [0, 0.05) is 39.3 Å². The molecule has 0 aromatic heterocycles. The number of nitrogens with zero attached hydrogens (tertiary/aromatic N) is 1. The lowest BCUT2D eigenvalue weighted by molar-refractivity contribution is 0.00455. The van der Waals surface area contributed by atoms with E-state index in [-0.39, 0.29) is 5.60 Å². The molecule has 0 amide bonds. The summed E-state index contributed by atoms with van der Waals surface area (Å²) in [6.45, 7) is 13.6. The summed E-state index contributed by atoms with van der Waals surface area (Å²) in [4.78, 5) is 2.58. The quantitative estimate of drug-likeness (QED) is 0.772. The van der Waals surface area contributed by atoms with E-state index in [2.05, 4.69) is 37.9 Å². The standard InChI is InChI=1S/C14H30N2O/c1-6-12(2)13-11-16(10-8-15-13)9-7-14(3,4)17-5/h12-13,15H,6-11H2,1-5H3. The highest BCUT2D eigenvalue weighted by atomic mass is 16.5. The lowest BCUT2D eigenvalue weighted by Crippen LogP contribution is -2.53. The van der Waals surface area contributed by atoms with E-state index in [1.54, 1.807) is 7.11 Å². The third-order valence-corrected chi connectivity index (χ3v) is 4.20. The molecule has 3 heteroatoms. The molecule has 1 aliphatic heterocycles. The van der Waals surface area contributed by atoms with E-state index in [0.717, 1.165) is 25.4 Å². The molecule has 102 valence electrons. The third kappa shape index (κ3) is 4.94. The van der Waals surface area contributed by atoms with Crippen molar-refractivity contribution < 1.29 is 4.74 Å². The van der Waals surface area contributed by atoms with E-state index in [9.17, 15) is 0 Å². The van der Waals surface area contributed by atoms with Crippen LogP contribution in [0.15, 0.2) is 0 Å². The second kappa shape index (κ2) is 6.72. The van der Waals surface area contributed by atoms with Crippen molar-refractivity contribution in [3.8, 4) is 0 Å². The zero-order chi connectivity index (χ0) is 12.9. The molecule has 1 fully saturated rings. The van der Waals surface area contributed by atoms with Gasteiger partial charge in [0.2, 0.25) is 0 Å². The summed E-state index contributed by atoms with van der Waals surface area (Å²) < 4.78 is 5.48. The van der Waals surface area contributed by atoms with Crippen LogP contribution in [0.2, 0.25) is 0 Å². The van der Waals surface area contributed by atoms with Crippen LogP contribution in [0, 0.1) is 5.92 Å². The highest BCUT2D eigenvalue weighted by Crippen LogP contribution is 2.16. The Kier molecular flexibility index (Phi) is 5.90. The maximum Gasteiger partial charge on any atom is 0.0634 e. The Morgan fingerprint density at radius 3 is 2.76 bits per heavy atom. The van der Waals surface area contributed by atoms with Crippen LogP contribution in [0.3, 0.4) is 0 Å². The number of nitrogens with one attached hydrogen (secondary N) is 1. The number of piperazine rings is 1. The van der Waals surface area contributed by atoms with Crippen molar-refractivity contribution in [3.63, 3.8) is 0 Å². The molecule has 1 heterocycles. The SMILES string of the molecule is CCC(C)C1CN(CCC(C)(C)OC)CCN1. The average molecular weight is 242 g/mol. The van der Waals surface area contributed by atoms with E-state index < -0.39 is 0 Å². The van der Waals surface area contributed by atoms with Crippen LogP contribution in [0.25, 0.3) is 0 Å². The first-order chi connectivity index (χ1) is 7.98. The van der Waals surface area contributed by atoms with Crippen LogP contribution >= 0.6 is 0 Å². The van der Waals surface area contributed by atoms with Crippen LogP contribution in [-0.2, 0) is 4.74 Å². The van der Waals surface area contributed by atoms with Crippen molar-refractivity contribution in [3.05, 3.63) is 0 Å². The minimum Gasteiger partial charge on any atom is -0.379 e. The molecule has 0 aromatic carbocycles. The number of rotatable bonds is 6. The fourth-order valence-electron chi connectivity index (χ4n) is 2.24. The maximum atomic E-state index is 5.48. The molecular weight excluding hydrogens is 212 g/mol. The van der Waals surface area contributed by atoms with Gasteiger partial charge >= 0.3 is 0 Å². The first-order valence-electron chi connectivity index (χ1n) is 6.99. The molecule has 1 aliphatic rings. The number of hydrogen-bond acceptors (Lipinski definition) is 3. The van der Waals surface area contributed by atoms with Gasteiger partial charge in [-0.2, -0.15) is 0 Å². The van der Waals surface area contributed by atoms with Crippen molar-refractivity contribution >= 4 is 0 Å². The minimum atomic E-state index is 0.0107. The third-order valence-electron chi connectivity index (χ3n) is 4.20. The average Bonchev–Trinajstić information content (AvgIpc) is 2.36. The summed E-state index contributed by atoms with van der Waals surface area (Å²) in [7, 11) is 1.81. The minimum absolute atomic E-state index is 0.0107. The Balaban J connectivity index is 2.34. The smallest absolute Gasteiger partial charge is 0.0634 e. The first-order valence-corrected chi connectivity index (χ1v) is 6.99. The molecule has 1 saturated heterocycles. The Morgan fingerprint density at radius 2 is 2.18 bits per heavy atom. The van der Waals surface area contributed by atoms with Crippen molar-refractivity contribution in [1.82, 2.24) is 10.2 Å². The molecule has 0 aromatic rings. The van der Waals surface area contributed by atoms with Gasteiger partial charge in [-0.25, -0.2) is 0 Å². The molecule has 17 heavy (non-hydrogen) atoms. The fraction of sp³-hybridized carbons (Fsp3) is 1.00. The number of ether oxygens (including phenoxy) is 1. The zero-order valence-corrected chi connectivity index (χ0v) is 12.3. The maximum absolute atomic E-state index is 5.48. The van der Waals surface area contributed by atoms with Crippen molar-refractivity contribution in [1.29, 1.82) is 0 Å². The predicted octanol–water partition coefficient (Wildman–Crippen LogP) is 2.12. The zero-order valence-electron chi connectivity index (χ0n) is 12.3. The largest absolute Gasteiger partial charge is 0.379 e. The second-order valence-corrected chi connectivity index (χ2v) is 5.96. The summed E-state index contributed by atoms with van der Waals surface area (Å²) in [6, 6.07) is 0.666. The highest BCUT2D eigenvalue weighted by Gasteiger charge is 2.24. The normalized spacial score (nSPS) is 24.9. The Labute approximate surface area is 107 Å². The fourth-order valence-corrected chi connectivity index (χ4v) is 2.24. The summed E-state index contributed by atoms with van der Waals surface area (Å²) in [5.74, 6) is 0.772. The molecule has 3 nitrogen and oxygen atoms in total. The Bertz CT molecular complexity index is 218. The van der Waals surface area contributed by atoms with Crippen LogP contribution in [-0.4, -0.2) is 49.8 Å². The molecule has 1 N–H and O–H groups in total. The summed E-state index contributed by atoms with van der Waals surface area (Å²) in [6.07, 6.45) is 2.37. The molecule has 0 saturated carbocycles. The van der Waals surface area contributed by atoms with Crippen molar-refractivity contribution in [2.24, 2.45) is 5.92 Å². The molecule has 0 aliphatic carbocycles. The lowest BCUT2D eigenvalue weighted by atomic mass is 9.96. The van der Waals surface area contributed by atoms with Gasteiger partial charge in [0.05, 0.1) is 5.60 Å². The molecule has 0 radical (unpaired) electrons. The first kappa shape index (κ1) is 14.9. The second-order valence-electron chi connectivity index (χ2n) is 5.96. The monoisotopic (exact) mass is 242 g/mol. The van der Waals surface area contributed by atoms with E-state index in [1.807, 2.05) is 0 Å². The molecule has 0 bridgehead atoms. The Morgan fingerprint density at radius 1 is 1.47 bits per heavy atom. The van der Waals surface area contributed by atoms with E-state index in [4.69, 9.17) is 4.74 Å². The van der Waals surface area contributed by atoms with Gasteiger partial charge in [-0.05, 0) is 26.2 Å². The van der Waals surface area contributed by atoms with Gasteiger partial charge in [0.25, 0.3) is 0 Å². The van der Waals surface area contributed by atoms with E-state index in [1.165, 1.54) is 19.5 Å². The molecule has 2 unspecified atom stereocenters. The van der Waals surface area contributed by atoms with Gasteiger partial charge in [0.15, 0.2) is 0 Å². The van der Waals surface area contributed by atoms with Gasteiger partial charge in [-0.3, -0.25) is 0 Å². The number of methoxy groups -OCH3 is 1. The topological polar surface area (TPSA) is 24.5 Å². The molecule has 1 rings (SSSR count). The molecular formula is C14H30N2O. The van der Waals surface area contributed by atoms with Crippen LogP contribution in [0.4, 0.5) is 0 Å². The van der Waals surface area contributed by atoms with E-state index in [0.29, 0.717) is 6.04 Å². The van der Waals surface area contributed by atoms with Gasteiger partial charge in [0.1, 0.15) is 0 Å². The predicted molar refractivity (Wildman–Crippen MR) is 73.4 cm³/mol. The van der Waals surface area contributed by atoms with E-state index >= 15 is 0 Å². The highest BCUT2D eigenvalue weighted by molar-refractivity contribution is 4.83. The molecule has 2 atom stereocenters. The van der Waals surface area contributed by atoms with Crippen molar-refractivity contribution in [2.75, 3.05) is 33.3 Å². The van der Waals surface area contributed by atoms with Gasteiger partial charge < -0.3 is 15.0 Å². The van der Waals surface area contributed by atoms with Crippen molar-refractivity contribution in [2.45, 2.75) is 52.2 Å². The summed E-state index contributed by atoms with van der Waals surface area (Å²) in [5, 5.41) is 3.64. The summed E-state index contributed by atoms with van der Waals surface area (Å²) in [5.41, 5.74) is 0.0107. The van der Waals surface area contributed by atoms with Crippen LogP contribution < -0.4 is 5.32 Å². The van der Waals surface area contributed by atoms with Gasteiger partial charge in [-0.15, -0.1) is 0 Å². The van der Waals surface area contributed by atoms with Crippen LogP contribution in [0.5, 0.6) is 0 Å². The Hall–Kier alpha value is -0.120. The molecule has 0 spiro atoms. The lowest BCUT2D eigenvalue weighted by Gasteiger charge is -2.37. The van der Waals surface area contributed by atoms with Gasteiger partial charge in [-0.1, -0.05) is 20.3 Å². The number of hydrogen-bond donors (Lipinski definition) is 1.